The van der Waals surface area contributed by atoms with Crippen LogP contribution in [0.3, 0.4) is 0 Å². The molecule has 0 aromatic carbocycles. The third kappa shape index (κ3) is 75.4. The molecule has 0 bridgehead atoms. The molecule has 0 saturated carbocycles. The lowest BCUT2D eigenvalue weighted by atomic mass is 9.96. The summed E-state index contributed by atoms with van der Waals surface area (Å²) in [6.07, 6.45) is 58.3. The van der Waals surface area contributed by atoms with Gasteiger partial charge in [0, 0.05) is 19.3 Å². The number of carbonyl (C=O) groups is 6. The molecule has 73 heavy (non-hydrogen) atoms. The van der Waals surface area contributed by atoms with Crippen molar-refractivity contribution < 1.29 is 64.5 Å². The summed E-state index contributed by atoms with van der Waals surface area (Å²) in [5.74, 6) is -6.98. The van der Waals surface area contributed by atoms with E-state index in [1.54, 1.807) is 0 Å². The van der Waals surface area contributed by atoms with Gasteiger partial charge in [-0.1, -0.05) is 290 Å². The minimum atomic E-state index is -2.74. The quantitative estimate of drug-likeness (QED) is 0.0281. The Hall–Kier alpha value is -3.22. The maximum absolute atomic E-state index is 10.3. The topological polar surface area (TPSA) is 244 Å². The van der Waals surface area contributed by atoms with E-state index < -0.39 is 54.3 Å². The van der Waals surface area contributed by atoms with Crippen molar-refractivity contribution in [1.29, 1.82) is 0 Å². The first-order valence-corrected chi connectivity index (χ1v) is 30.1. The van der Waals surface area contributed by atoms with Gasteiger partial charge in [-0.15, -0.1) is 0 Å². The van der Waals surface area contributed by atoms with Crippen molar-refractivity contribution in [3.8, 4) is 0 Å². The lowest BCUT2D eigenvalue weighted by Crippen LogP contribution is -2.42. The Kier molecular flexibility index (Phi) is 65.9. The van der Waals surface area contributed by atoms with Gasteiger partial charge in [-0.25, -0.2) is 4.79 Å². The Morgan fingerprint density at radius 3 is 0.479 bits per heavy atom. The zero-order valence-electron chi connectivity index (χ0n) is 47.4. The molecule has 7 N–H and O–H groups in total. The van der Waals surface area contributed by atoms with Gasteiger partial charge in [0.2, 0.25) is 0 Å². The molecule has 0 aliphatic rings. The normalized spacial score (nSPS) is 10.8. The zero-order valence-corrected chi connectivity index (χ0v) is 47.4. The third-order valence-electron chi connectivity index (χ3n) is 13.3. The molecule has 0 radical (unpaired) electrons. The minimum Gasteiger partial charge on any atom is -0.481 e. The van der Waals surface area contributed by atoms with E-state index in [2.05, 4.69) is 20.8 Å². The van der Waals surface area contributed by atoms with E-state index in [4.69, 9.17) is 35.7 Å². The molecule has 0 unspecified atom stereocenters. The molecule has 13 heteroatoms. The van der Waals surface area contributed by atoms with Crippen LogP contribution in [0, 0.1) is 0 Å². The summed E-state index contributed by atoms with van der Waals surface area (Å²) in [5.41, 5.74) is -2.74. The maximum Gasteiger partial charge on any atom is 0.336 e. The van der Waals surface area contributed by atoms with Gasteiger partial charge in [0.15, 0.2) is 5.60 Å². The van der Waals surface area contributed by atoms with E-state index in [9.17, 15) is 28.8 Å². The molecule has 13 nitrogen and oxygen atoms in total. The van der Waals surface area contributed by atoms with Gasteiger partial charge in [0.05, 0.1) is 12.8 Å². The van der Waals surface area contributed by atoms with Crippen LogP contribution in [0.5, 0.6) is 0 Å². The van der Waals surface area contributed by atoms with Crippen LogP contribution in [0.1, 0.15) is 342 Å². The van der Waals surface area contributed by atoms with E-state index in [-0.39, 0.29) is 0 Å². The molecule has 0 spiro atoms. The molecule has 434 valence electrons. The minimum absolute atomic E-state index is 0.345. The summed E-state index contributed by atoms with van der Waals surface area (Å²) in [6.45, 7) is 6.81. The molecule has 0 saturated heterocycles. The van der Waals surface area contributed by atoms with Gasteiger partial charge in [-0.05, 0) is 19.3 Å². The fourth-order valence-corrected chi connectivity index (χ4v) is 8.66. The van der Waals surface area contributed by atoms with Gasteiger partial charge in [-0.3, -0.25) is 24.0 Å². The number of hydrogen-bond acceptors (Lipinski definition) is 7. The van der Waals surface area contributed by atoms with Crippen molar-refractivity contribution in [2.75, 3.05) is 0 Å². The highest BCUT2D eigenvalue weighted by atomic mass is 16.4. The first-order chi connectivity index (χ1) is 35.1. The van der Waals surface area contributed by atoms with Crippen LogP contribution in [0.2, 0.25) is 0 Å². The van der Waals surface area contributed by atoms with Gasteiger partial charge in [0.1, 0.15) is 0 Å². The molecule has 0 aliphatic carbocycles. The molecule has 0 fully saturated rings. The van der Waals surface area contributed by atoms with Crippen molar-refractivity contribution in [3.63, 3.8) is 0 Å². The Morgan fingerprint density at radius 2 is 0.370 bits per heavy atom. The van der Waals surface area contributed by atoms with Crippen LogP contribution in [0.4, 0.5) is 0 Å². The van der Waals surface area contributed by atoms with Gasteiger partial charge >= 0.3 is 35.8 Å². The highest BCUT2D eigenvalue weighted by molar-refractivity contribution is 5.88. The average molecular weight is 1050 g/mol. The van der Waals surface area contributed by atoms with E-state index in [0.717, 1.165) is 38.5 Å². The highest BCUT2D eigenvalue weighted by Crippen LogP contribution is 2.18. The summed E-state index contributed by atoms with van der Waals surface area (Å²) in [6, 6.07) is 0. The van der Waals surface area contributed by atoms with Crippen LogP contribution < -0.4 is 0 Å². The van der Waals surface area contributed by atoms with Crippen LogP contribution in [-0.2, 0) is 28.8 Å². The van der Waals surface area contributed by atoms with E-state index in [0.29, 0.717) is 19.3 Å². The Bertz CT molecular complexity index is 1100. The lowest BCUT2D eigenvalue weighted by molar-refractivity contribution is -0.170. The van der Waals surface area contributed by atoms with Crippen molar-refractivity contribution >= 4 is 35.8 Å². The highest BCUT2D eigenvalue weighted by Gasteiger charge is 2.40. The number of unbranched alkanes of at least 4 members (excludes halogenated alkanes) is 42. The molecule has 0 heterocycles. The van der Waals surface area contributed by atoms with Crippen LogP contribution >= 0.6 is 0 Å². The van der Waals surface area contributed by atoms with E-state index >= 15 is 0 Å². The summed E-state index contributed by atoms with van der Waals surface area (Å²) in [5, 5.41) is 59.4. The van der Waals surface area contributed by atoms with Gasteiger partial charge in [0.25, 0.3) is 0 Å². The maximum atomic E-state index is 10.3. The van der Waals surface area contributed by atoms with Crippen LogP contribution in [0.25, 0.3) is 0 Å². The fourth-order valence-electron chi connectivity index (χ4n) is 8.66. The number of hydrogen-bond donors (Lipinski definition) is 7. The second-order valence-electron chi connectivity index (χ2n) is 20.8. The molecule has 0 aromatic heterocycles. The summed E-state index contributed by atoms with van der Waals surface area (Å²) in [7, 11) is 0. The van der Waals surface area contributed by atoms with Crippen LogP contribution in [0.15, 0.2) is 0 Å². The standard InChI is InChI=1S/3C18H36O2.C6H8O7/c3*1-2-3-4-5-6-7-8-9-10-11-12-13-14-15-16-17-18(19)20;7-3(8)1-6(13,5(11)12)2-4(9)10/h3*2-17H2,1H3,(H,19,20);13H,1-2H2,(H,7,8)(H,9,10)(H,11,12). The predicted octanol–water partition coefficient (Wildman–Crippen LogP) is 17.7. The van der Waals surface area contributed by atoms with E-state index in [1.807, 2.05) is 0 Å². The fraction of sp³-hybridized carbons (Fsp3) is 0.900. The van der Waals surface area contributed by atoms with Gasteiger partial charge in [-0.2, -0.15) is 0 Å². The predicted molar refractivity (Wildman–Crippen MR) is 299 cm³/mol. The van der Waals surface area contributed by atoms with E-state index in [1.165, 1.54) is 250 Å². The molecule has 0 atom stereocenters. The second-order valence-corrected chi connectivity index (χ2v) is 20.8. The van der Waals surface area contributed by atoms with Crippen LogP contribution in [-0.4, -0.2) is 77.2 Å². The Morgan fingerprint density at radius 1 is 0.233 bits per heavy atom. The number of aliphatic carboxylic acids is 6. The average Bonchev–Trinajstić information content (AvgIpc) is 3.32. The number of carboxylic acids is 6. The smallest absolute Gasteiger partial charge is 0.336 e. The second kappa shape index (κ2) is 63.1. The Labute approximate surface area is 446 Å². The largest absolute Gasteiger partial charge is 0.481 e. The van der Waals surface area contributed by atoms with Crippen molar-refractivity contribution in [2.24, 2.45) is 0 Å². The zero-order chi connectivity index (χ0) is 55.3. The van der Waals surface area contributed by atoms with Crippen molar-refractivity contribution in [2.45, 2.75) is 347 Å². The molecular weight excluding hydrogens is 929 g/mol. The Balaban J connectivity index is -0.000000440. The third-order valence-corrected chi connectivity index (χ3v) is 13.3. The number of rotatable bonds is 53. The molecular formula is C60H116O13. The van der Waals surface area contributed by atoms with Crippen molar-refractivity contribution in [3.05, 3.63) is 0 Å². The number of carboxylic acid groups (broad SMARTS) is 6. The monoisotopic (exact) mass is 1040 g/mol. The number of aliphatic hydroxyl groups is 1. The summed E-state index contributed by atoms with van der Waals surface area (Å²) in [4.78, 5) is 61.5. The lowest BCUT2D eigenvalue weighted by Gasteiger charge is -2.18. The van der Waals surface area contributed by atoms with Gasteiger partial charge < -0.3 is 35.7 Å². The molecule has 0 rings (SSSR count). The molecule has 0 aromatic rings. The first-order valence-electron chi connectivity index (χ1n) is 30.1. The summed E-state index contributed by atoms with van der Waals surface area (Å²) >= 11 is 0. The SMILES string of the molecule is CCCCCCCCCCCCCCCCCC(=O)O.CCCCCCCCCCCCCCCCCC(=O)O.CCCCCCCCCCCCCCCCCC(=O)O.O=C(O)CC(O)(CC(=O)O)C(=O)O. The molecule has 0 aliphatic heterocycles. The van der Waals surface area contributed by atoms with Crippen molar-refractivity contribution in [1.82, 2.24) is 0 Å². The summed E-state index contributed by atoms with van der Waals surface area (Å²) < 4.78 is 0. The first kappa shape index (κ1) is 76.3. The molecule has 0 amide bonds.